The van der Waals surface area contributed by atoms with Crippen LogP contribution in [0.3, 0.4) is 0 Å². The molecule has 4 heteroatoms. The molecule has 2 unspecified atom stereocenters. The molecule has 3 nitrogen and oxygen atoms in total. The molecule has 0 bridgehead atoms. The van der Waals surface area contributed by atoms with E-state index in [0.717, 1.165) is 11.5 Å². The van der Waals surface area contributed by atoms with Gasteiger partial charge in [0.05, 0.1) is 13.2 Å². The largest absolute Gasteiger partial charge is 0.493 e. The summed E-state index contributed by atoms with van der Waals surface area (Å²) in [7, 11) is 0. The van der Waals surface area contributed by atoms with Crippen molar-refractivity contribution in [3.8, 4) is 11.5 Å². The maximum Gasteiger partial charge on any atom is 0.119 e. The van der Waals surface area contributed by atoms with Crippen molar-refractivity contribution in [2.45, 2.75) is 33.1 Å². The molecule has 0 amide bonds. The van der Waals surface area contributed by atoms with Gasteiger partial charge < -0.3 is 14.6 Å². The lowest BCUT2D eigenvalue weighted by molar-refractivity contribution is 0.174. The van der Waals surface area contributed by atoms with Gasteiger partial charge in [0.2, 0.25) is 0 Å². The van der Waals surface area contributed by atoms with Gasteiger partial charge in [-0.05, 0) is 35.4 Å². The first-order chi connectivity index (χ1) is 12.9. The normalized spacial score (nSPS) is 13.9. The number of halogens is 1. The molecule has 1 N–H and O–H groups in total. The van der Waals surface area contributed by atoms with E-state index in [2.05, 4.69) is 45.0 Å². The number of benzene rings is 2. The minimum atomic E-state index is -0.126. The summed E-state index contributed by atoms with van der Waals surface area (Å²) < 4.78 is 11.5. The second-order valence-electron chi connectivity index (χ2n) is 7.84. The number of aliphatic hydroxyl groups excluding tert-OH is 1. The van der Waals surface area contributed by atoms with Crippen LogP contribution < -0.4 is 9.47 Å². The van der Waals surface area contributed by atoms with E-state index in [4.69, 9.17) is 26.2 Å². The quantitative estimate of drug-likeness (QED) is 0.561. The third kappa shape index (κ3) is 6.15. The van der Waals surface area contributed by atoms with Crippen LogP contribution in [0.15, 0.2) is 48.5 Å². The predicted octanol–water partition coefficient (Wildman–Crippen LogP) is 5.27. The molecule has 2 aromatic rings. The summed E-state index contributed by atoms with van der Waals surface area (Å²) in [5.74, 6) is 2.77. The minimum Gasteiger partial charge on any atom is -0.493 e. The lowest BCUT2D eigenvalue weighted by atomic mass is 9.78. The SMILES string of the molecule is CC(CO)COc1ccc(C(C)(C)c2ccc(OCC(C)CCl)cc2)cc1. The van der Waals surface area contributed by atoms with Crippen molar-refractivity contribution in [2.75, 3.05) is 25.7 Å². The fourth-order valence-corrected chi connectivity index (χ4v) is 2.77. The maximum atomic E-state index is 9.09. The van der Waals surface area contributed by atoms with Crippen LogP contribution in [0.2, 0.25) is 0 Å². The average molecular weight is 391 g/mol. The highest BCUT2D eigenvalue weighted by atomic mass is 35.5. The first kappa shape index (κ1) is 21.6. The Kier molecular flexibility index (Phi) is 8.00. The number of rotatable bonds is 10. The summed E-state index contributed by atoms with van der Waals surface area (Å²) in [6, 6.07) is 16.5. The van der Waals surface area contributed by atoms with E-state index in [9.17, 15) is 0 Å². The summed E-state index contributed by atoms with van der Waals surface area (Å²) in [6.07, 6.45) is 0. The Labute approximate surface area is 168 Å². The summed E-state index contributed by atoms with van der Waals surface area (Å²) in [4.78, 5) is 0. The second kappa shape index (κ2) is 10.0. The molecule has 0 heterocycles. The molecule has 0 saturated carbocycles. The molecular weight excluding hydrogens is 360 g/mol. The highest BCUT2D eigenvalue weighted by Gasteiger charge is 2.23. The molecule has 0 aliphatic carbocycles. The number of aliphatic hydroxyl groups is 1. The van der Waals surface area contributed by atoms with Crippen molar-refractivity contribution in [3.63, 3.8) is 0 Å². The summed E-state index contributed by atoms with van der Waals surface area (Å²) in [6.45, 7) is 9.73. The highest BCUT2D eigenvalue weighted by molar-refractivity contribution is 6.18. The molecule has 0 aromatic heterocycles. The maximum absolute atomic E-state index is 9.09. The van der Waals surface area contributed by atoms with Crippen LogP contribution in [0.25, 0.3) is 0 Å². The molecule has 148 valence electrons. The minimum absolute atomic E-state index is 0.126. The summed E-state index contributed by atoms with van der Waals surface area (Å²) in [5, 5.41) is 9.09. The first-order valence-corrected chi connectivity index (χ1v) is 10.0. The zero-order chi connectivity index (χ0) is 19.9. The number of hydrogen-bond donors (Lipinski definition) is 1. The van der Waals surface area contributed by atoms with E-state index < -0.39 is 0 Å². The van der Waals surface area contributed by atoms with Gasteiger partial charge in [0.1, 0.15) is 11.5 Å². The number of hydrogen-bond acceptors (Lipinski definition) is 3. The zero-order valence-electron chi connectivity index (χ0n) is 16.7. The Morgan fingerprint density at radius 1 is 0.815 bits per heavy atom. The smallest absolute Gasteiger partial charge is 0.119 e. The van der Waals surface area contributed by atoms with Gasteiger partial charge in [-0.2, -0.15) is 0 Å². The van der Waals surface area contributed by atoms with Gasteiger partial charge in [0.15, 0.2) is 0 Å². The van der Waals surface area contributed by atoms with Crippen LogP contribution in [0.1, 0.15) is 38.8 Å². The van der Waals surface area contributed by atoms with Crippen molar-refractivity contribution < 1.29 is 14.6 Å². The van der Waals surface area contributed by atoms with Crippen LogP contribution in [-0.4, -0.2) is 30.8 Å². The fraction of sp³-hybridized carbons (Fsp3) is 0.478. The lowest BCUT2D eigenvalue weighted by Gasteiger charge is -2.26. The zero-order valence-corrected chi connectivity index (χ0v) is 17.5. The number of alkyl halides is 1. The van der Waals surface area contributed by atoms with Gasteiger partial charge in [0, 0.05) is 29.7 Å². The van der Waals surface area contributed by atoms with Crippen molar-refractivity contribution >= 4 is 11.6 Å². The van der Waals surface area contributed by atoms with E-state index >= 15 is 0 Å². The Bertz CT molecular complexity index is 620. The van der Waals surface area contributed by atoms with Gasteiger partial charge in [-0.25, -0.2) is 0 Å². The average Bonchev–Trinajstić information content (AvgIpc) is 2.70. The Morgan fingerprint density at radius 2 is 1.22 bits per heavy atom. The molecule has 0 saturated heterocycles. The Balaban J connectivity index is 2.04. The third-order valence-corrected chi connectivity index (χ3v) is 5.32. The van der Waals surface area contributed by atoms with E-state index in [-0.39, 0.29) is 17.9 Å². The monoisotopic (exact) mass is 390 g/mol. The van der Waals surface area contributed by atoms with Crippen LogP contribution in [0.4, 0.5) is 0 Å². The summed E-state index contributed by atoms with van der Waals surface area (Å²) in [5.41, 5.74) is 2.32. The van der Waals surface area contributed by atoms with Gasteiger partial charge in [-0.1, -0.05) is 52.0 Å². The molecule has 0 aliphatic heterocycles. The van der Waals surface area contributed by atoms with Crippen molar-refractivity contribution in [3.05, 3.63) is 59.7 Å². The van der Waals surface area contributed by atoms with Crippen LogP contribution in [-0.2, 0) is 5.41 Å². The predicted molar refractivity (Wildman–Crippen MR) is 112 cm³/mol. The molecule has 2 atom stereocenters. The van der Waals surface area contributed by atoms with Crippen molar-refractivity contribution in [1.82, 2.24) is 0 Å². The highest BCUT2D eigenvalue weighted by Crippen LogP contribution is 2.33. The molecule has 27 heavy (non-hydrogen) atoms. The standard InChI is InChI=1S/C23H31ClO3/c1-17(13-24)15-26-21-9-5-19(6-10-21)23(3,4)20-7-11-22(12-8-20)27-16-18(2)14-25/h5-12,17-18,25H,13-16H2,1-4H3. The molecule has 2 aromatic carbocycles. The molecule has 0 radical (unpaired) electrons. The van der Waals surface area contributed by atoms with Crippen LogP contribution in [0.5, 0.6) is 11.5 Å². The Hall–Kier alpha value is -1.71. The van der Waals surface area contributed by atoms with Gasteiger partial charge >= 0.3 is 0 Å². The third-order valence-electron chi connectivity index (χ3n) is 4.80. The van der Waals surface area contributed by atoms with Crippen LogP contribution >= 0.6 is 11.6 Å². The van der Waals surface area contributed by atoms with E-state index in [1.165, 1.54) is 11.1 Å². The van der Waals surface area contributed by atoms with Gasteiger partial charge in [-0.15, -0.1) is 11.6 Å². The van der Waals surface area contributed by atoms with Gasteiger partial charge in [-0.3, -0.25) is 0 Å². The number of ether oxygens (including phenoxy) is 2. The van der Waals surface area contributed by atoms with Crippen molar-refractivity contribution in [1.29, 1.82) is 0 Å². The summed E-state index contributed by atoms with van der Waals surface area (Å²) >= 11 is 5.82. The van der Waals surface area contributed by atoms with Crippen molar-refractivity contribution in [2.24, 2.45) is 11.8 Å². The van der Waals surface area contributed by atoms with Gasteiger partial charge in [0.25, 0.3) is 0 Å². The van der Waals surface area contributed by atoms with E-state index in [1.807, 2.05) is 31.2 Å². The molecular formula is C23H31ClO3. The second-order valence-corrected chi connectivity index (χ2v) is 8.15. The van der Waals surface area contributed by atoms with Crippen LogP contribution in [0, 0.1) is 11.8 Å². The Morgan fingerprint density at radius 3 is 1.59 bits per heavy atom. The van der Waals surface area contributed by atoms with E-state index in [0.29, 0.717) is 25.0 Å². The first-order valence-electron chi connectivity index (χ1n) is 9.50. The molecule has 2 rings (SSSR count). The fourth-order valence-electron chi connectivity index (χ4n) is 2.68. The molecule has 0 fully saturated rings. The van der Waals surface area contributed by atoms with E-state index in [1.54, 1.807) is 0 Å². The topological polar surface area (TPSA) is 38.7 Å². The lowest BCUT2D eigenvalue weighted by Crippen LogP contribution is -2.19. The molecule has 0 spiro atoms. The molecule has 0 aliphatic rings.